The first-order valence-corrected chi connectivity index (χ1v) is 13.3. The molecule has 0 saturated carbocycles. The predicted molar refractivity (Wildman–Crippen MR) is 153 cm³/mol. The summed E-state index contributed by atoms with van der Waals surface area (Å²) in [6.07, 6.45) is 8.34. The number of nitrogens with zero attached hydrogens (tertiary/aromatic N) is 4. The van der Waals surface area contributed by atoms with Crippen LogP contribution >= 0.6 is 11.3 Å². The number of aromatic nitrogens is 2. The Morgan fingerprint density at radius 3 is 2.81 bits per heavy atom. The van der Waals surface area contributed by atoms with E-state index in [1.165, 1.54) is 21.6 Å². The number of hydrogen-bond donors (Lipinski definition) is 3. The number of amides is 1. The summed E-state index contributed by atoms with van der Waals surface area (Å²) in [5.41, 5.74) is 3.20. The molecule has 2 aromatic heterocycles. The largest absolute Gasteiger partial charge is 0.379 e. The van der Waals surface area contributed by atoms with Crippen molar-refractivity contribution in [2.24, 2.45) is 10.1 Å². The lowest BCUT2D eigenvalue weighted by molar-refractivity contribution is 0.0954. The zero-order valence-corrected chi connectivity index (χ0v) is 22.3. The molecule has 0 radical (unpaired) electrons. The lowest BCUT2D eigenvalue weighted by Gasteiger charge is -2.17. The van der Waals surface area contributed by atoms with Gasteiger partial charge in [-0.2, -0.15) is 9.78 Å². The Morgan fingerprint density at radius 2 is 2.14 bits per heavy atom. The molecule has 0 saturated heterocycles. The number of aliphatic imine (C=N–C) groups is 1. The number of unbranched alkanes of at least 4 members (excludes halogenated alkanes) is 1. The van der Waals surface area contributed by atoms with E-state index < -0.39 is 0 Å². The number of ether oxygens (including phenoxy) is 1. The van der Waals surface area contributed by atoms with Crippen molar-refractivity contribution in [2.75, 3.05) is 43.5 Å². The van der Waals surface area contributed by atoms with Crippen LogP contribution in [0.5, 0.6) is 0 Å². The molecule has 198 valence electrons. The average Bonchev–Trinajstić information content (AvgIpc) is 3.33. The minimum atomic E-state index is -0.293. The van der Waals surface area contributed by atoms with Crippen molar-refractivity contribution in [2.45, 2.75) is 39.5 Å². The summed E-state index contributed by atoms with van der Waals surface area (Å²) in [4.78, 5) is 35.5. The quantitative estimate of drug-likeness (QED) is 0.194. The van der Waals surface area contributed by atoms with Gasteiger partial charge in [-0.3, -0.25) is 14.6 Å². The number of rotatable bonds is 14. The molecule has 10 nitrogen and oxygen atoms in total. The number of carbonyl (C=O) groups excluding carboxylic acids is 1. The van der Waals surface area contributed by atoms with Crippen molar-refractivity contribution in [1.29, 1.82) is 0 Å². The van der Waals surface area contributed by atoms with E-state index in [0.717, 1.165) is 24.1 Å². The second-order valence-electron chi connectivity index (χ2n) is 8.25. The third-order valence-corrected chi connectivity index (χ3v) is 6.78. The van der Waals surface area contributed by atoms with Crippen molar-refractivity contribution in [3.8, 4) is 0 Å². The van der Waals surface area contributed by atoms with Gasteiger partial charge in [-0.1, -0.05) is 25.2 Å². The molecule has 0 unspecified atom stereocenters. The Bertz CT molecular complexity index is 1230. The van der Waals surface area contributed by atoms with Crippen molar-refractivity contribution in [3.05, 3.63) is 50.1 Å². The highest BCUT2D eigenvalue weighted by molar-refractivity contribution is 7.11. The van der Waals surface area contributed by atoms with Crippen LogP contribution in [0.15, 0.2) is 38.5 Å². The van der Waals surface area contributed by atoms with E-state index in [2.05, 4.69) is 44.3 Å². The molecule has 0 aliphatic carbocycles. The lowest BCUT2D eigenvalue weighted by Crippen LogP contribution is -2.28. The van der Waals surface area contributed by atoms with Crippen molar-refractivity contribution in [3.63, 3.8) is 0 Å². The monoisotopic (exact) mass is 525 g/mol. The zero-order chi connectivity index (χ0) is 26.6. The Kier molecular flexibility index (Phi) is 10.8. The van der Waals surface area contributed by atoms with E-state index in [1.54, 1.807) is 17.7 Å². The molecule has 1 amide bonds. The van der Waals surface area contributed by atoms with Crippen LogP contribution in [0.4, 0.5) is 17.3 Å². The third kappa shape index (κ3) is 7.23. The number of hydrogen-bond acceptors (Lipinski definition) is 9. The van der Waals surface area contributed by atoms with E-state index in [1.807, 2.05) is 19.9 Å². The maximum Gasteiger partial charge on any atom is 0.299 e. The second kappa shape index (κ2) is 14.2. The van der Waals surface area contributed by atoms with Gasteiger partial charge in [0, 0.05) is 37.9 Å². The van der Waals surface area contributed by atoms with Crippen molar-refractivity contribution >= 4 is 53.6 Å². The molecule has 3 heterocycles. The van der Waals surface area contributed by atoms with Gasteiger partial charge < -0.3 is 20.7 Å². The molecular formula is C26H35N7O3S. The van der Waals surface area contributed by atoms with Crippen molar-refractivity contribution < 1.29 is 9.53 Å². The molecule has 0 spiro atoms. The van der Waals surface area contributed by atoms with Gasteiger partial charge in [-0.25, -0.2) is 4.98 Å². The SMILES string of the molecule is C=Cc1scc(C(=O)NCCCCNc2c(CC)nc(NCC3=CCOCC3)n(N=C)c2=O)c1N=CC. The number of nitrogens with one attached hydrogen (secondary N) is 3. The lowest BCUT2D eigenvalue weighted by atomic mass is 10.1. The maximum atomic E-state index is 13.1. The highest BCUT2D eigenvalue weighted by Gasteiger charge is 2.17. The van der Waals surface area contributed by atoms with Gasteiger partial charge in [-0.15, -0.1) is 11.3 Å². The minimum absolute atomic E-state index is 0.157. The zero-order valence-electron chi connectivity index (χ0n) is 21.5. The molecule has 3 rings (SSSR count). The van der Waals surface area contributed by atoms with E-state index in [4.69, 9.17) is 4.74 Å². The summed E-state index contributed by atoms with van der Waals surface area (Å²) in [5.74, 6) is 0.215. The Labute approximate surface area is 221 Å². The predicted octanol–water partition coefficient (Wildman–Crippen LogP) is 4.08. The number of anilines is 2. The maximum absolute atomic E-state index is 13.1. The molecule has 1 aliphatic heterocycles. The first-order valence-electron chi connectivity index (χ1n) is 12.4. The molecule has 37 heavy (non-hydrogen) atoms. The fourth-order valence-corrected chi connectivity index (χ4v) is 4.68. The van der Waals surface area contributed by atoms with Gasteiger partial charge in [0.15, 0.2) is 0 Å². The molecule has 11 heteroatoms. The third-order valence-electron chi connectivity index (χ3n) is 5.81. The molecular weight excluding hydrogens is 490 g/mol. The number of aryl methyl sites for hydroxylation is 1. The van der Waals surface area contributed by atoms with Gasteiger partial charge in [0.2, 0.25) is 5.95 Å². The summed E-state index contributed by atoms with van der Waals surface area (Å²) in [7, 11) is 0. The highest BCUT2D eigenvalue weighted by Crippen LogP contribution is 2.31. The number of thiophene rings is 1. The minimum Gasteiger partial charge on any atom is -0.379 e. The van der Waals surface area contributed by atoms with Gasteiger partial charge >= 0.3 is 0 Å². The highest BCUT2D eigenvalue weighted by atomic mass is 32.1. The first-order chi connectivity index (χ1) is 18.0. The topological polar surface area (TPSA) is 122 Å². The van der Waals surface area contributed by atoms with E-state index in [0.29, 0.717) is 67.8 Å². The van der Waals surface area contributed by atoms with E-state index in [9.17, 15) is 9.59 Å². The second-order valence-corrected chi connectivity index (χ2v) is 9.16. The smallest absolute Gasteiger partial charge is 0.299 e. The first kappa shape index (κ1) is 28.0. The normalized spacial score (nSPS) is 13.3. The summed E-state index contributed by atoms with van der Waals surface area (Å²) in [6, 6.07) is 0. The molecule has 0 bridgehead atoms. The van der Waals surface area contributed by atoms with Gasteiger partial charge in [0.1, 0.15) is 5.69 Å². The van der Waals surface area contributed by atoms with Crippen LogP contribution in [-0.4, -0.2) is 61.3 Å². The van der Waals surface area contributed by atoms with Crippen LogP contribution in [0.1, 0.15) is 54.0 Å². The average molecular weight is 526 g/mol. The number of carbonyl (C=O) groups is 1. The fourth-order valence-electron chi connectivity index (χ4n) is 3.85. The van der Waals surface area contributed by atoms with Gasteiger partial charge in [0.05, 0.1) is 35.0 Å². The van der Waals surface area contributed by atoms with E-state index in [-0.39, 0.29) is 11.5 Å². The molecule has 1 aliphatic rings. The Morgan fingerprint density at radius 1 is 1.32 bits per heavy atom. The molecule has 0 aromatic carbocycles. The summed E-state index contributed by atoms with van der Waals surface area (Å²) in [6.45, 7) is 14.0. The van der Waals surface area contributed by atoms with Crippen molar-refractivity contribution in [1.82, 2.24) is 15.0 Å². The summed E-state index contributed by atoms with van der Waals surface area (Å²) >= 11 is 1.44. The van der Waals surface area contributed by atoms with Gasteiger partial charge in [-0.05, 0) is 38.7 Å². The Balaban J connectivity index is 1.54. The molecule has 2 aromatic rings. The molecule has 3 N–H and O–H groups in total. The van der Waals surface area contributed by atoms with Crippen LogP contribution in [-0.2, 0) is 11.2 Å². The standard InChI is InChI=1S/C26H35N7O3S/c1-5-20-23(25(35)33(27-4)26(32-20)31-16-18-10-14-36-15-11-18)29-12-8-9-13-30-24(34)19-17-37-21(6-2)22(19)28-7-3/h6-7,10,17,29H,2,4-5,8-9,11-16H2,1,3H3,(H,30,34)(H,31,32). The molecule has 0 atom stereocenters. The van der Waals surface area contributed by atoms with Crippen LogP contribution < -0.4 is 21.5 Å². The van der Waals surface area contributed by atoms with Crippen LogP contribution in [0.3, 0.4) is 0 Å². The van der Waals surface area contributed by atoms with Crippen LogP contribution in [0.25, 0.3) is 6.08 Å². The van der Waals surface area contributed by atoms with Crippen LogP contribution in [0, 0.1) is 0 Å². The van der Waals surface area contributed by atoms with E-state index >= 15 is 0 Å². The van der Waals surface area contributed by atoms with Gasteiger partial charge in [0.25, 0.3) is 11.5 Å². The van der Waals surface area contributed by atoms with Crippen LogP contribution in [0.2, 0.25) is 0 Å². The molecule has 0 fully saturated rings. The fraction of sp³-hybridized carbons (Fsp3) is 0.423. The Hall–Kier alpha value is -3.57. The summed E-state index contributed by atoms with van der Waals surface area (Å²) in [5, 5.41) is 15.1. The summed E-state index contributed by atoms with van der Waals surface area (Å²) < 4.78 is 6.53.